The Morgan fingerprint density at radius 1 is 1.22 bits per heavy atom. The van der Waals surface area contributed by atoms with Gasteiger partial charge in [0.25, 0.3) is 0 Å². The fourth-order valence-corrected chi connectivity index (χ4v) is 2.60. The van der Waals surface area contributed by atoms with Crippen LogP contribution in [0.25, 0.3) is 6.08 Å². The Balaban J connectivity index is 1.86. The lowest BCUT2D eigenvalue weighted by atomic mass is 10.1. The number of halogens is 1. The molecule has 0 saturated carbocycles. The first-order chi connectivity index (χ1) is 8.75. The van der Waals surface area contributed by atoms with E-state index >= 15 is 0 Å². The van der Waals surface area contributed by atoms with Crippen molar-refractivity contribution in [3.05, 3.63) is 58.3 Å². The number of nitrogens with zero attached hydrogens (tertiary/aromatic N) is 1. The molecule has 1 aromatic carbocycles. The van der Waals surface area contributed by atoms with Gasteiger partial charge in [-0.1, -0.05) is 35.9 Å². The molecule has 1 aromatic heterocycles. The van der Waals surface area contributed by atoms with Crippen molar-refractivity contribution in [2.45, 2.75) is 5.12 Å². The first-order valence-electron chi connectivity index (χ1n) is 5.59. The average Bonchev–Trinajstić information content (AvgIpc) is 2.90. The van der Waals surface area contributed by atoms with E-state index in [1.54, 1.807) is 17.6 Å². The lowest BCUT2D eigenvalue weighted by Crippen LogP contribution is -2.30. The lowest BCUT2D eigenvalue weighted by Gasteiger charge is -2.26. The Morgan fingerprint density at radius 3 is 2.94 bits per heavy atom. The van der Waals surface area contributed by atoms with Crippen molar-refractivity contribution in [3.63, 3.8) is 0 Å². The number of aliphatic imine (C=N–C) groups is 1. The van der Waals surface area contributed by atoms with Crippen molar-refractivity contribution in [3.8, 4) is 0 Å². The van der Waals surface area contributed by atoms with Crippen LogP contribution in [-0.2, 0) is 0 Å². The molecular weight excluding hydrogens is 264 g/mol. The van der Waals surface area contributed by atoms with Crippen molar-refractivity contribution in [2.75, 3.05) is 5.32 Å². The van der Waals surface area contributed by atoms with Crippen LogP contribution in [0, 0.1) is 0 Å². The standard InChI is InChI=1S/C14H11ClN2S/c15-14(8-7-12-5-3-9-18-12)16-10-11-4-1-2-6-13(11)17-14/h1-10,17H/b8-7+. The van der Waals surface area contributed by atoms with Crippen LogP contribution in [0.5, 0.6) is 0 Å². The molecule has 0 saturated heterocycles. The summed E-state index contributed by atoms with van der Waals surface area (Å²) in [6, 6.07) is 12.0. The molecular formula is C14H11ClN2S. The van der Waals surface area contributed by atoms with Gasteiger partial charge in [0.2, 0.25) is 5.12 Å². The number of hydrogen-bond donors (Lipinski definition) is 1. The highest BCUT2D eigenvalue weighted by Crippen LogP contribution is 2.29. The molecule has 4 heteroatoms. The molecule has 1 unspecified atom stereocenters. The van der Waals surface area contributed by atoms with Crippen LogP contribution in [0.4, 0.5) is 5.69 Å². The topological polar surface area (TPSA) is 24.4 Å². The van der Waals surface area contributed by atoms with E-state index in [0.29, 0.717) is 0 Å². The summed E-state index contributed by atoms with van der Waals surface area (Å²) in [6.45, 7) is 0. The fourth-order valence-electron chi connectivity index (χ4n) is 1.77. The van der Waals surface area contributed by atoms with Gasteiger partial charge in [-0.05, 0) is 29.7 Å². The monoisotopic (exact) mass is 274 g/mol. The first kappa shape index (κ1) is 11.5. The smallest absolute Gasteiger partial charge is 0.226 e. The van der Waals surface area contributed by atoms with Gasteiger partial charge in [-0.15, -0.1) is 11.3 Å². The van der Waals surface area contributed by atoms with Gasteiger partial charge in [-0.3, -0.25) is 0 Å². The predicted molar refractivity (Wildman–Crippen MR) is 79.6 cm³/mol. The number of fused-ring (bicyclic) bond motifs is 1. The quantitative estimate of drug-likeness (QED) is 0.644. The van der Waals surface area contributed by atoms with E-state index in [4.69, 9.17) is 11.6 Å². The Labute approximate surface area is 115 Å². The molecule has 0 fully saturated rings. The second-order valence-corrected chi connectivity index (χ2v) is 5.55. The van der Waals surface area contributed by atoms with E-state index in [0.717, 1.165) is 16.1 Å². The second-order valence-electron chi connectivity index (χ2n) is 3.99. The van der Waals surface area contributed by atoms with Gasteiger partial charge in [0.05, 0.1) is 0 Å². The van der Waals surface area contributed by atoms with Gasteiger partial charge in [0, 0.05) is 22.3 Å². The molecule has 2 aromatic rings. The summed E-state index contributed by atoms with van der Waals surface area (Å²) >= 11 is 8.10. The molecule has 1 atom stereocenters. The number of anilines is 1. The number of thiophene rings is 1. The van der Waals surface area contributed by atoms with Crippen LogP contribution in [-0.4, -0.2) is 11.3 Å². The van der Waals surface area contributed by atoms with Crippen LogP contribution >= 0.6 is 22.9 Å². The van der Waals surface area contributed by atoms with Crippen LogP contribution in [0.15, 0.2) is 52.8 Å². The maximum Gasteiger partial charge on any atom is 0.226 e. The van der Waals surface area contributed by atoms with E-state index in [9.17, 15) is 0 Å². The zero-order valence-electron chi connectivity index (χ0n) is 9.51. The SMILES string of the molecule is ClC1(/C=C/c2cccs2)N=Cc2ccccc2N1. The zero-order chi connectivity index (χ0) is 12.4. The molecule has 1 aliphatic rings. The Hall–Kier alpha value is -1.58. The van der Waals surface area contributed by atoms with Gasteiger partial charge >= 0.3 is 0 Å². The average molecular weight is 275 g/mol. The van der Waals surface area contributed by atoms with E-state index in [-0.39, 0.29) is 0 Å². The molecule has 0 radical (unpaired) electrons. The molecule has 0 spiro atoms. The summed E-state index contributed by atoms with van der Waals surface area (Å²) in [5, 5.41) is 4.37. The predicted octanol–water partition coefficient (Wildman–Crippen LogP) is 4.20. The Kier molecular flexibility index (Phi) is 2.94. The largest absolute Gasteiger partial charge is 0.345 e. The Bertz CT molecular complexity index is 604. The maximum absolute atomic E-state index is 6.43. The second kappa shape index (κ2) is 4.59. The minimum absolute atomic E-state index is 0.891. The Morgan fingerprint density at radius 2 is 2.11 bits per heavy atom. The van der Waals surface area contributed by atoms with Crippen molar-refractivity contribution >= 4 is 40.9 Å². The number of rotatable bonds is 2. The molecule has 0 bridgehead atoms. The minimum Gasteiger partial charge on any atom is -0.345 e. The molecule has 0 aliphatic carbocycles. The van der Waals surface area contributed by atoms with E-state index in [1.165, 1.54) is 0 Å². The third-order valence-electron chi connectivity index (χ3n) is 2.67. The molecule has 90 valence electrons. The van der Waals surface area contributed by atoms with Crippen molar-refractivity contribution < 1.29 is 0 Å². The molecule has 2 heterocycles. The van der Waals surface area contributed by atoms with E-state index in [1.807, 2.05) is 53.9 Å². The number of para-hydroxylation sites is 1. The van der Waals surface area contributed by atoms with Gasteiger partial charge in [-0.25, -0.2) is 4.99 Å². The summed E-state index contributed by atoms with van der Waals surface area (Å²) < 4.78 is 0. The zero-order valence-corrected chi connectivity index (χ0v) is 11.1. The molecule has 1 N–H and O–H groups in total. The maximum atomic E-state index is 6.43. The third kappa shape index (κ3) is 2.33. The fraction of sp³-hybridized carbons (Fsp3) is 0.0714. The summed E-state index contributed by atoms with van der Waals surface area (Å²) in [7, 11) is 0. The molecule has 1 aliphatic heterocycles. The molecule has 2 nitrogen and oxygen atoms in total. The van der Waals surface area contributed by atoms with Crippen molar-refractivity contribution in [1.29, 1.82) is 0 Å². The minimum atomic E-state index is -0.891. The molecule has 18 heavy (non-hydrogen) atoms. The van der Waals surface area contributed by atoms with Gasteiger partial charge in [-0.2, -0.15) is 0 Å². The van der Waals surface area contributed by atoms with Crippen LogP contribution in [0.1, 0.15) is 10.4 Å². The summed E-state index contributed by atoms with van der Waals surface area (Å²) in [6.07, 6.45) is 5.65. The van der Waals surface area contributed by atoms with Crippen LogP contribution < -0.4 is 5.32 Å². The summed E-state index contributed by atoms with van der Waals surface area (Å²) in [4.78, 5) is 5.51. The highest BCUT2D eigenvalue weighted by atomic mass is 35.5. The highest BCUT2D eigenvalue weighted by molar-refractivity contribution is 7.10. The highest BCUT2D eigenvalue weighted by Gasteiger charge is 2.25. The lowest BCUT2D eigenvalue weighted by molar-refractivity contribution is 0.851. The number of nitrogens with one attached hydrogen (secondary N) is 1. The molecule has 0 amide bonds. The number of benzene rings is 1. The number of alkyl halides is 1. The third-order valence-corrected chi connectivity index (χ3v) is 3.83. The van der Waals surface area contributed by atoms with Crippen molar-refractivity contribution in [1.82, 2.24) is 0 Å². The van der Waals surface area contributed by atoms with Gasteiger partial charge in [0.15, 0.2) is 0 Å². The van der Waals surface area contributed by atoms with Gasteiger partial charge in [0.1, 0.15) is 0 Å². The van der Waals surface area contributed by atoms with E-state index < -0.39 is 5.12 Å². The van der Waals surface area contributed by atoms with Crippen molar-refractivity contribution in [2.24, 2.45) is 4.99 Å². The van der Waals surface area contributed by atoms with Crippen LogP contribution in [0.2, 0.25) is 0 Å². The van der Waals surface area contributed by atoms with Crippen LogP contribution in [0.3, 0.4) is 0 Å². The van der Waals surface area contributed by atoms with Gasteiger partial charge < -0.3 is 5.32 Å². The molecule has 3 rings (SSSR count). The van der Waals surface area contributed by atoms with E-state index in [2.05, 4.69) is 10.3 Å². The number of hydrogen-bond acceptors (Lipinski definition) is 3. The summed E-state index contributed by atoms with van der Waals surface area (Å²) in [5.41, 5.74) is 2.05. The summed E-state index contributed by atoms with van der Waals surface area (Å²) in [5.74, 6) is 0. The first-order valence-corrected chi connectivity index (χ1v) is 6.85. The normalized spacial score (nSPS) is 21.8.